The van der Waals surface area contributed by atoms with E-state index >= 15 is 0 Å². The lowest BCUT2D eigenvalue weighted by molar-refractivity contribution is -0.136. The quantitative estimate of drug-likeness (QED) is 0.841. The van der Waals surface area contributed by atoms with Crippen LogP contribution >= 0.6 is 0 Å². The van der Waals surface area contributed by atoms with Crippen molar-refractivity contribution in [3.8, 4) is 22.6 Å². The predicted molar refractivity (Wildman–Crippen MR) is 85.5 cm³/mol. The molecule has 0 aromatic heterocycles. The number of carboxylic acid groups (broad SMARTS) is 1. The van der Waals surface area contributed by atoms with Crippen LogP contribution in [-0.2, 0) is 11.2 Å². The molecule has 0 saturated heterocycles. The minimum atomic E-state index is -0.992. The Morgan fingerprint density at radius 2 is 1.65 bits per heavy atom. The van der Waals surface area contributed by atoms with Crippen LogP contribution in [0, 0.1) is 5.82 Å². The molecular formula is C18H19FO4. The standard InChI is InChI=1S/C18H19FO4/c1-3-22-14-9-13(10-15(11-14)23-4-2)16-6-5-12(7-17(16)19)8-18(20)21/h5-7,9-11H,3-4,8H2,1-2H3,(H,20,21). The zero-order valence-corrected chi connectivity index (χ0v) is 13.1. The predicted octanol–water partition coefficient (Wildman–Crippen LogP) is 3.92. The molecule has 0 bridgehead atoms. The van der Waals surface area contributed by atoms with Crippen molar-refractivity contribution >= 4 is 5.97 Å². The van der Waals surface area contributed by atoms with Crippen LogP contribution in [-0.4, -0.2) is 24.3 Å². The molecule has 1 N–H and O–H groups in total. The molecule has 0 fully saturated rings. The fraction of sp³-hybridized carbons (Fsp3) is 0.278. The first-order valence-corrected chi connectivity index (χ1v) is 7.44. The average molecular weight is 318 g/mol. The third-order valence-corrected chi connectivity index (χ3v) is 3.20. The van der Waals surface area contributed by atoms with E-state index in [1.807, 2.05) is 13.8 Å². The van der Waals surface area contributed by atoms with Crippen molar-refractivity contribution < 1.29 is 23.8 Å². The molecule has 0 amide bonds. The molecule has 0 saturated carbocycles. The summed E-state index contributed by atoms with van der Waals surface area (Å²) >= 11 is 0. The highest BCUT2D eigenvalue weighted by Crippen LogP contribution is 2.32. The van der Waals surface area contributed by atoms with Crippen molar-refractivity contribution in [2.75, 3.05) is 13.2 Å². The van der Waals surface area contributed by atoms with Crippen LogP contribution in [0.25, 0.3) is 11.1 Å². The smallest absolute Gasteiger partial charge is 0.307 e. The van der Waals surface area contributed by atoms with E-state index in [1.165, 1.54) is 6.07 Å². The summed E-state index contributed by atoms with van der Waals surface area (Å²) in [7, 11) is 0. The Hall–Kier alpha value is -2.56. The zero-order chi connectivity index (χ0) is 16.8. The first-order valence-electron chi connectivity index (χ1n) is 7.44. The van der Waals surface area contributed by atoms with Gasteiger partial charge in [-0.1, -0.05) is 12.1 Å². The Balaban J connectivity index is 2.41. The second-order valence-electron chi connectivity index (χ2n) is 4.94. The Morgan fingerprint density at radius 3 is 2.13 bits per heavy atom. The van der Waals surface area contributed by atoms with Crippen molar-refractivity contribution in [1.82, 2.24) is 0 Å². The van der Waals surface area contributed by atoms with E-state index in [2.05, 4.69) is 0 Å². The topological polar surface area (TPSA) is 55.8 Å². The van der Waals surface area contributed by atoms with Crippen LogP contribution in [0.5, 0.6) is 11.5 Å². The monoisotopic (exact) mass is 318 g/mol. The van der Waals surface area contributed by atoms with Gasteiger partial charge in [0.25, 0.3) is 0 Å². The highest BCUT2D eigenvalue weighted by Gasteiger charge is 2.11. The van der Waals surface area contributed by atoms with Gasteiger partial charge in [0.05, 0.1) is 19.6 Å². The molecule has 0 spiro atoms. The van der Waals surface area contributed by atoms with Crippen LogP contribution in [0.3, 0.4) is 0 Å². The van der Waals surface area contributed by atoms with E-state index in [0.717, 1.165) is 0 Å². The molecule has 0 unspecified atom stereocenters. The van der Waals surface area contributed by atoms with Crippen molar-refractivity contribution in [3.05, 3.63) is 47.8 Å². The number of hydrogen-bond donors (Lipinski definition) is 1. The van der Waals surface area contributed by atoms with Crippen molar-refractivity contribution in [3.63, 3.8) is 0 Å². The lowest BCUT2D eigenvalue weighted by Crippen LogP contribution is -2.01. The molecule has 0 aliphatic rings. The SMILES string of the molecule is CCOc1cc(OCC)cc(-c2ccc(CC(=O)O)cc2F)c1. The molecule has 4 nitrogen and oxygen atoms in total. The summed E-state index contributed by atoms with van der Waals surface area (Å²) in [6.45, 7) is 4.73. The van der Waals surface area contributed by atoms with Gasteiger partial charge in [-0.3, -0.25) is 4.79 Å². The Kier molecular flexibility index (Phi) is 5.57. The summed E-state index contributed by atoms with van der Waals surface area (Å²) in [4.78, 5) is 10.7. The average Bonchev–Trinajstić information content (AvgIpc) is 2.47. The zero-order valence-electron chi connectivity index (χ0n) is 13.1. The first kappa shape index (κ1) is 16.8. The van der Waals surface area contributed by atoms with Crippen molar-refractivity contribution in [2.24, 2.45) is 0 Å². The fourth-order valence-corrected chi connectivity index (χ4v) is 2.30. The van der Waals surface area contributed by atoms with Gasteiger partial charge in [-0.15, -0.1) is 0 Å². The van der Waals surface area contributed by atoms with Crippen LogP contribution in [0.15, 0.2) is 36.4 Å². The van der Waals surface area contributed by atoms with Crippen molar-refractivity contribution in [1.29, 1.82) is 0 Å². The molecule has 2 aromatic carbocycles. The second kappa shape index (κ2) is 7.63. The summed E-state index contributed by atoms with van der Waals surface area (Å²) in [5, 5.41) is 8.78. The van der Waals surface area contributed by atoms with Gasteiger partial charge in [0.1, 0.15) is 17.3 Å². The van der Waals surface area contributed by atoms with Gasteiger partial charge < -0.3 is 14.6 Å². The van der Waals surface area contributed by atoms with Crippen LogP contribution < -0.4 is 9.47 Å². The van der Waals surface area contributed by atoms with Gasteiger partial charge in [-0.25, -0.2) is 4.39 Å². The highest BCUT2D eigenvalue weighted by atomic mass is 19.1. The van der Waals surface area contributed by atoms with Crippen LogP contribution in [0.2, 0.25) is 0 Å². The molecule has 2 aromatic rings. The van der Waals surface area contributed by atoms with E-state index in [0.29, 0.717) is 41.4 Å². The number of hydrogen-bond acceptors (Lipinski definition) is 3. The number of carbonyl (C=O) groups is 1. The maximum Gasteiger partial charge on any atom is 0.307 e. The Labute approximate surface area is 134 Å². The van der Waals surface area contributed by atoms with Gasteiger partial charge in [0.2, 0.25) is 0 Å². The normalized spacial score (nSPS) is 10.4. The van der Waals surface area contributed by atoms with Crippen LogP contribution in [0.1, 0.15) is 19.4 Å². The number of carboxylic acids is 1. The third kappa shape index (κ3) is 4.45. The minimum Gasteiger partial charge on any atom is -0.494 e. The molecule has 122 valence electrons. The van der Waals surface area contributed by atoms with Gasteiger partial charge in [-0.05, 0) is 43.2 Å². The lowest BCUT2D eigenvalue weighted by atomic mass is 10.0. The van der Waals surface area contributed by atoms with Gasteiger partial charge in [-0.2, -0.15) is 0 Å². The number of aliphatic carboxylic acids is 1. The molecule has 2 rings (SSSR count). The third-order valence-electron chi connectivity index (χ3n) is 3.20. The molecule has 0 aliphatic carbocycles. The van der Waals surface area contributed by atoms with Gasteiger partial charge in [0, 0.05) is 11.6 Å². The van der Waals surface area contributed by atoms with Gasteiger partial charge >= 0.3 is 5.97 Å². The molecule has 23 heavy (non-hydrogen) atoms. The first-order chi connectivity index (χ1) is 11.0. The number of halogens is 1. The maximum absolute atomic E-state index is 14.3. The van der Waals surface area contributed by atoms with Crippen LogP contribution in [0.4, 0.5) is 4.39 Å². The van der Waals surface area contributed by atoms with E-state index < -0.39 is 11.8 Å². The molecule has 5 heteroatoms. The largest absolute Gasteiger partial charge is 0.494 e. The fourth-order valence-electron chi connectivity index (χ4n) is 2.30. The molecule has 0 radical (unpaired) electrons. The minimum absolute atomic E-state index is 0.208. The second-order valence-corrected chi connectivity index (χ2v) is 4.94. The number of benzene rings is 2. The molecule has 0 atom stereocenters. The van der Waals surface area contributed by atoms with E-state index in [9.17, 15) is 9.18 Å². The summed E-state index contributed by atoms with van der Waals surface area (Å²) in [6.07, 6.45) is -0.208. The molecule has 0 aliphatic heterocycles. The number of ether oxygens (including phenoxy) is 2. The Morgan fingerprint density at radius 1 is 1.04 bits per heavy atom. The number of rotatable bonds is 7. The summed E-state index contributed by atoms with van der Waals surface area (Å²) in [5.41, 5.74) is 1.42. The Bertz CT molecular complexity index is 673. The van der Waals surface area contributed by atoms with E-state index in [-0.39, 0.29) is 6.42 Å². The summed E-state index contributed by atoms with van der Waals surface area (Å²) in [5.74, 6) is -0.265. The summed E-state index contributed by atoms with van der Waals surface area (Å²) in [6, 6.07) is 9.67. The maximum atomic E-state index is 14.3. The molecular weight excluding hydrogens is 299 g/mol. The highest BCUT2D eigenvalue weighted by molar-refractivity contribution is 5.72. The van der Waals surface area contributed by atoms with Crippen molar-refractivity contribution in [2.45, 2.75) is 20.3 Å². The van der Waals surface area contributed by atoms with Gasteiger partial charge in [0.15, 0.2) is 0 Å². The molecule has 0 heterocycles. The summed E-state index contributed by atoms with van der Waals surface area (Å²) < 4.78 is 25.3. The van der Waals surface area contributed by atoms with E-state index in [4.69, 9.17) is 14.6 Å². The lowest BCUT2D eigenvalue weighted by Gasteiger charge is -2.12. The van der Waals surface area contributed by atoms with E-state index in [1.54, 1.807) is 30.3 Å².